The summed E-state index contributed by atoms with van der Waals surface area (Å²) in [7, 11) is -16.8. The van der Waals surface area contributed by atoms with E-state index >= 15 is 0 Å². The summed E-state index contributed by atoms with van der Waals surface area (Å²) >= 11 is 1.99. The van der Waals surface area contributed by atoms with E-state index in [9.17, 15) is 38.5 Å². The number of rotatable bonds is 8. The minimum absolute atomic E-state index is 0.236. The molecular formula is C15H18IN4O14P3. The summed E-state index contributed by atoms with van der Waals surface area (Å²) < 4.78 is 53.4. The van der Waals surface area contributed by atoms with Crippen LogP contribution in [0, 0.1) is 3.57 Å². The van der Waals surface area contributed by atoms with Crippen molar-refractivity contribution in [3.8, 4) is 0 Å². The Labute approximate surface area is 218 Å². The maximum Gasteiger partial charge on any atom is 0.490 e. The molecule has 22 heteroatoms. The lowest BCUT2D eigenvalue weighted by molar-refractivity contribution is -0.102. The molecule has 18 nitrogen and oxygen atoms in total. The molecule has 37 heavy (non-hydrogen) atoms. The third kappa shape index (κ3) is 6.05. The zero-order valence-electron chi connectivity index (χ0n) is 18.2. The van der Waals surface area contributed by atoms with Crippen LogP contribution in [0.1, 0.15) is 13.2 Å². The van der Waals surface area contributed by atoms with E-state index in [-0.39, 0.29) is 5.52 Å². The number of hydrogen-bond donors (Lipinski definition) is 7. The van der Waals surface area contributed by atoms with Crippen LogP contribution in [0.5, 0.6) is 0 Å². The number of phosphoric ester groups is 1. The van der Waals surface area contributed by atoms with E-state index in [4.69, 9.17) is 14.5 Å². The number of phosphoric acid groups is 3. The highest BCUT2D eigenvalue weighted by molar-refractivity contribution is 14.1. The third-order valence-electron chi connectivity index (χ3n) is 5.22. The van der Waals surface area contributed by atoms with E-state index < -0.39 is 59.7 Å². The van der Waals surface area contributed by atoms with Crippen LogP contribution in [-0.2, 0) is 31.6 Å². The van der Waals surface area contributed by atoms with Crippen LogP contribution in [0.15, 0.2) is 23.3 Å². The fraction of sp³-hybridized carbons (Fsp3) is 0.400. The summed E-state index contributed by atoms with van der Waals surface area (Å²) in [6.45, 7) is 0.190. The lowest BCUT2D eigenvalue weighted by Gasteiger charge is -2.27. The first-order valence-electron chi connectivity index (χ1n) is 9.79. The number of halogens is 1. The Balaban J connectivity index is 1.59. The molecule has 4 rings (SSSR count). The van der Waals surface area contributed by atoms with Crippen molar-refractivity contribution in [3.05, 3.63) is 32.4 Å². The van der Waals surface area contributed by atoms with Gasteiger partial charge in [-0.05, 0) is 35.6 Å². The van der Waals surface area contributed by atoms with Gasteiger partial charge in [0.25, 0.3) is 5.56 Å². The number of aliphatic hydroxyl groups excluding tert-OH is 1. The molecule has 2 aromatic heterocycles. The van der Waals surface area contributed by atoms with E-state index in [0.717, 1.165) is 4.68 Å². The standard InChI is InChI=1S/C15H18IN4O14P3/c1-15(23)12(21)10(5-31-36(27,28)34-37(29,30)33-35(24,25)26)32-14(15)20-4-7-8(16)2-6-11(7)9(19-20)3-17-18-13(6)22/h2-4,10,12,14,21,23H,5H2,1H3,(H,18,22)(H,27,28)(H,29,30)(H2,24,25,26)/t10-,12-,14-,15-/m1/s1. The molecule has 1 aliphatic rings. The zero-order chi connectivity index (χ0) is 27.6. The summed E-state index contributed by atoms with van der Waals surface area (Å²) in [5.74, 6) is 0. The van der Waals surface area contributed by atoms with Gasteiger partial charge in [-0.3, -0.25) is 9.32 Å². The van der Waals surface area contributed by atoms with Crippen LogP contribution >= 0.6 is 46.1 Å². The van der Waals surface area contributed by atoms with Crippen molar-refractivity contribution in [2.24, 2.45) is 0 Å². The van der Waals surface area contributed by atoms with Gasteiger partial charge in [0, 0.05) is 20.5 Å². The van der Waals surface area contributed by atoms with Gasteiger partial charge >= 0.3 is 23.5 Å². The predicted octanol–water partition coefficient (Wildman–Crippen LogP) is 0.230. The minimum Gasteiger partial charge on any atom is -0.387 e. The van der Waals surface area contributed by atoms with Crippen molar-refractivity contribution in [3.63, 3.8) is 0 Å². The number of nitrogens with zero attached hydrogens (tertiary/aromatic N) is 3. The zero-order valence-corrected chi connectivity index (χ0v) is 23.0. The van der Waals surface area contributed by atoms with Gasteiger partial charge in [0.1, 0.15) is 23.3 Å². The summed E-state index contributed by atoms with van der Waals surface area (Å²) in [4.78, 5) is 48.3. The van der Waals surface area contributed by atoms with Gasteiger partial charge in [-0.2, -0.15) is 18.8 Å². The molecule has 0 amide bonds. The highest BCUT2D eigenvalue weighted by Gasteiger charge is 2.54. The van der Waals surface area contributed by atoms with Gasteiger partial charge in [0.05, 0.1) is 18.2 Å². The molecular weight excluding hydrogens is 680 g/mol. The molecule has 0 radical (unpaired) electrons. The van der Waals surface area contributed by atoms with Crippen molar-refractivity contribution < 1.29 is 61.4 Å². The van der Waals surface area contributed by atoms with Crippen LogP contribution < -0.4 is 5.56 Å². The molecule has 2 unspecified atom stereocenters. The first-order chi connectivity index (χ1) is 16.9. The molecule has 1 fully saturated rings. The van der Waals surface area contributed by atoms with Crippen molar-refractivity contribution >= 4 is 67.7 Å². The molecule has 3 aromatic rings. The highest BCUT2D eigenvalue weighted by atomic mass is 127. The van der Waals surface area contributed by atoms with Crippen LogP contribution in [0.2, 0.25) is 0 Å². The van der Waals surface area contributed by atoms with Gasteiger partial charge in [-0.1, -0.05) is 0 Å². The fourth-order valence-electron chi connectivity index (χ4n) is 3.71. The number of aliphatic hydroxyl groups is 2. The molecule has 1 aromatic carbocycles. The molecule has 6 atom stereocenters. The quantitative estimate of drug-likeness (QED) is 0.123. The van der Waals surface area contributed by atoms with Gasteiger partial charge in [-0.25, -0.2) is 23.5 Å². The van der Waals surface area contributed by atoms with Gasteiger partial charge < -0.3 is 34.5 Å². The molecule has 7 N–H and O–H groups in total. The normalized spacial score (nSPS) is 27.9. The van der Waals surface area contributed by atoms with E-state index in [0.29, 0.717) is 19.7 Å². The van der Waals surface area contributed by atoms with Crippen LogP contribution in [0.25, 0.3) is 21.7 Å². The number of hydrogen-bond acceptors (Lipinski definition) is 12. The Morgan fingerprint density at radius 3 is 2.51 bits per heavy atom. The maximum absolute atomic E-state index is 12.2. The summed E-state index contributed by atoms with van der Waals surface area (Å²) in [6.07, 6.45) is -1.98. The summed E-state index contributed by atoms with van der Waals surface area (Å²) in [5.41, 5.74) is -2.29. The second-order valence-electron chi connectivity index (χ2n) is 7.97. The topological polar surface area (TPSA) is 273 Å². The number of nitrogens with one attached hydrogen (secondary N) is 1. The summed E-state index contributed by atoms with van der Waals surface area (Å²) in [5, 5.41) is 33.4. The van der Waals surface area contributed by atoms with Crippen molar-refractivity contribution in [1.82, 2.24) is 20.0 Å². The molecule has 1 saturated heterocycles. The second kappa shape index (κ2) is 9.79. The van der Waals surface area contributed by atoms with Crippen molar-refractivity contribution in [2.75, 3.05) is 6.61 Å². The minimum atomic E-state index is -5.75. The molecule has 0 saturated carbocycles. The summed E-state index contributed by atoms with van der Waals surface area (Å²) in [6, 6.07) is 1.61. The Morgan fingerprint density at radius 1 is 1.19 bits per heavy atom. The fourth-order valence-corrected chi connectivity index (χ4v) is 7.46. The van der Waals surface area contributed by atoms with E-state index in [1.54, 1.807) is 6.07 Å². The van der Waals surface area contributed by atoms with Crippen molar-refractivity contribution in [2.45, 2.75) is 31.0 Å². The molecule has 0 aliphatic carbocycles. The van der Waals surface area contributed by atoms with E-state index in [1.807, 2.05) is 22.6 Å². The number of aromatic nitrogens is 4. The number of H-pyrrole nitrogens is 1. The Bertz CT molecular complexity index is 1570. The lowest BCUT2D eigenvalue weighted by Crippen LogP contribution is -2.44. The molecule has 0 spiro atoms. The van der Waals surface area contributed by atoms with E-state index in [2.05, 4.69) is 28.4 Å². The SMILES string of the molecule is C[C@@]1(O)[C@H](O)[C@@H](COP(=O)(O)OP(=O)(O)OP(=O)(O)O)O[C@H]1n1cc2c(I)cc3c(=O)[nH]ncc(n1)c23. The van der Waals surface area contributed by atoms with Crippen LogP contribution in [0.4, 0.5) is 0 Å². The monoisotopic (exact) mass is 698 g/mol. The molecule has 3 heterocycles. The van der Waals surface area contributed by atoms with Crippen LogP contribution in [-0.4, -0.2) is 74.2 Å². The first-order valence-corrected chi connectivity index (χ1v) is 15.4. The maximum atomic E-state index is 12.2. The Hall–Kier alpha value is -1.15. The van der Waals surface area contributed by atoms with Gasteiger partial charge in [-0.15, -0.1) is 0 Å². The molecule has 0 bridgehead atoms. The van der Waals surface area contributed by atoms with Gasteiger partial charge in [0.15, 0.2) is 6.23 Å². The highest BCUT2D eigenvalue weighted by Crippen LogP contribution is 2.66. The second-order valence-corrected chi connectivity index (χ2v) is 13.6. The predicted molar refractivity (Wildman–Crippen MR) is 129 cm³/mol. The largest absolute Gasteiger partial charge is 0.490 e. The van der Waals surface area contributed by atoms with Crippen molar-refractivity contribution in [1.29, 1.82) is 0 Å². The third-order valence-corrected chi connectivity index (χ3v) is 9.91. The molecule has 1 aliphatic heterocycles. The number of aromatic amines is 1. The van der Waals surface area contributed by atoms with E-state index in [1.165, 1.54) is 19.3 Å². The smallest absolute Gasteiger partial charge is 0.387 e. The average Bonchev–Trinajstić information content (AvgIpc) is 3.11. The number of ether oxygens (including phenoxy) is 1. The Kier molecular flexibility index (Phi) is 7.64. The lowest BCUT2D eigenvalue weighted by atomic mass is 9.97. The Morgan fingerprint density at radius 2 is 1.86 bits per heavy atom. The first kappa shape index (κ1) is 28.8. The molecule has 204 valence electrons. The average molecular weight is 698 g/mol. The van der Waals surface area contributed by atoms with Gasteiger partial charge in [0.2, 0.25) is 0 Å². The van der Waals surface area contributed by atoms with Crippen LogP contribution in [0.3, 0.4) is 0 Å².